The fourth-order valence-corrected chi connectivity index (χ4v) is 3.60. The van der Waals surface area contributed by atoms with Crippen molar-refractivity contribution in [3.8, 4) is 0 Å². The summed E-state index contributed by atoms with van der Waals surface area (Å²) in [5.74, 6) is 0.940. The van der Waals surface area contributed by atoms with Crippen molar-refractivity contribution in [2.75, 3.05) is 0 Å². The van der Waals surface area contributed by atoms with Crippen LogP contribution in [-0.4, -0.2) is 9.67 Å². The smallest absolute Gasteiger partial charge is 0.391 e. The second kappa shape index (κ2) is 8.98. The van der Waals surface area contributed by atoms with Crippen LogP contribution in [0.15, 0.2) is 24.3 Å². The summed E-state index contributed by atoms with van der Waals surface area (Å²) in [4.78, 5) is 0. The molecule has 108 valence electrons. The van der Waals surface area contributed by atoms with Gasteiger partial charge in [0, 0.05) is 6.54 Å². The Morgan fingerprint density at radius 1 is 1.24 bits per heavy atom. The summed E-state index contributed by atoms with van der Waals surface area (Å²) in [6.07, 6.45) is 9.68. The molecule has 1 N–H and O–H groups in total. The molecule has 2 nitrogen and oxygen atoms in total. The topological polar surface area (TPSA) is 25.2 Å². The summed E-state index contributed by atoms with van der Waals surface area (Å²) in [7, 11) is 0. The zero-order valence-corrected chi connectivity index (χ0v) is 18.1. The van der Waals surface area contributed by atoms with Gasteiger partial charge in [-0.25, -0.2) is 0 Å². The monoisotopic (exact) mass is 355 g/mol. The molecule has 1 aromatic carbocycles. The Balaban J connectivity index is 0.00000161. The Hall–Kier alpha value is 0.525. The third-order valence-electron chi connectivity index (χ3n) is 4.69. The van der Waals surface area contributed by atoms with Gasteiger partial charge >= 0.3 is 58.2 Å². The summed E-state index contributed by atoms with van der Waals surface area (Å²) in [5.41, 5.74) is 2.23. The van der Waals surface area contributed by atoms with Gasteiger partial charge in [-0.3, -0.25) is 0 Å². The molecule has 0 amide bonds. The van der Waals surface area contributed by atoms with Crippen LogP contribution < -0.4 is 58.2 Å². The molecule has 1 aliphatic rings. The minimum Gasteiger partial charge on any atom is -0.391 e. The maximum atomic E-state index is 9.53. The van der Waals surface area contributed by atoms with Crippen LogP contribution in [0.5, 0.6) is 0 Å². The minimum atomic E-state index is 0. The molecular formula is C18H24NORb. The standard InChI is InChI=1S/C18H24NO.Rb/c20-14-17-13-16-10-4-5-11-18(16)19(17)12-6-9-15-7-2-1-3-8-15;/h4-5,11,13,15,20H,1-3,6-9,12,14H2;/q-1;+1. The molecule has 0 aliphatic heterocycles. The molecule has 1 saturated carbocycles. The number of nitrogens with zero attached hydrogens (tertiary/aromatic N) is 1. The number of aliphatic hydroxyl groups is 1. The zero-order valence-electron chi connectivity index (χ0n) is 13.1. The third-order valence-corrected chi connectivity index (χ3v) is 4.69. The van der Waals surface area contributed by atoms with E-state index in [1.807, 2.05) is 12.1 Å². The molecule has 3 rings (SSSR count). The Kier molecular flexibility index (Phi) is 7.64. The van der Waals surface area contributed by atoms with E-state index in [2.05, 4.69) is 22.8 Å². The molecule has 1 heterocycles. The number of aliphatic hydroxyl groups excluding tert-OH is 1. The van der Waals surface area contributed by atoms with Gasteiger partial charge < -0.3 is 9.67 Å². The molecule has 21 heavy (non-hydrogen) atoms. The second-order valence-corrected chi connectivity index (χ2v) is 6.06. The van der Waals surface area contributed by atoms with E-state index in [-0.39, 0.29) is 64.8 Å². The predicted octanol–water partition coefficient (Wildman–Crippen LogP) is 1.30. The number of fused-ring (bicyclic) bond motifs is 1. The molecular weight excluding hydrogens is 332 g/mol. The molecule has 0 atom stereocenters. The van der Waals surface area contributed by atoms with Crippen molar-refractivity contribution < 1.29 is 63.3 Å². The summed E-state index contributed by atoms with van der Waals surface area (Å²) in [5, 5.41) is 10.7. The number of rotatable bonds is 5. The molecule has 0 bridgehead atoms. The zero-order chi connectivity index (χ0) is 13.8. The molecule has 0 saturated heterocycles. The van der Waals surface area contributed by atoms with E-state index in [1.165, 1.54) is 50.5 Å². The Morgan fingerprint density at radius 3 is 2.81 bits per heavy atom. The van der Waals surface area contributed by atoms with Gasteiger partial charge in [0.25, 0.3) is 0 Å². The first kappa shape index (κ1) is 17.9. The van der Waals surface area contributed by atoms with Crippen LogP contribution in [0.1, 0.15) is 50.6 Å². The summed E-state index contributed by atoms with van der Waals surface area (Å²) < 4.78 is 2.27. The van der Waals surface area contributed by atoms with Gasteiger partial charge in [0.1, 0.15) is 0 Å². The third kappa shape index (κ3) is 4.51. The van der Waals surface area contributed by atoms with Gasteiger partial charge in [0.2, 0.25) is 0 Å². The van der Waals surface area contributed by atoms with Crippen molar-refractivity contribution in [2.45, 2.75) is 58.1 Å². The van der Waals surface area contributed by atoms with Crippen LogP contribution >= 0.6 is 0 Å². The van der Waals surface area contributed by atoms with Gasteiger partial charge in [-0.15, -0.1) is 35.7 Å². The number of hydrogen-bond donors (Lipinski definition) is 1. The van der Waals surface area contributed by atoms with Crippen molar-refractivity contribution in [3.05, 3.63) is 36.0 Å². The van der Waals surface area contributed by atoms with Crippen molar-refractivity contribution in [1.82, 2.24) is 4.57 Å². The van der Waals surface area contributed by atoms with Crippen LogP contribution in [0.25, 0.3) is 10.9 Å². The minimum absolute atomic E-state index is 0. The van der Waals surface area contributed by atoms with Gasteiger partial charge in [-0.1, -0.05) is 32.1 Å². The van der Waals surface area contributed by atoms with Crippen LogP contribution in [0.2, 0.25) is 0 Å². The molecule has 0 radical (unpaired) electrons. The normalized spacial score (nSPS) is 16.0. The number of hydrogen-bond acceptors (Lipinski definition) is 1. The summed E-state index contributed by atoms with van der Waals surface area (Å²) in [6.45, 7) is 1.14. The summed E-state index contributed by atoms with van der Waals surface area (Å²) in [6, 6.07) is 11.4. The van der Waals surface area contributed by atoms with E-state index in [0.717, 1.165) is 23.5 Å². The summed E-state index contributed by atoms with van der Waals surface area (Å²) >= 11 is 0. The molecule has 1 aliphatic carbocycles. The quantitative estimate of drug-likeness (QED) is 0.804. The van der Waals surface area contributed by atoms with Crippen molar-refractivity contribution >= 4 is 10.9 Å². The number of aryl methyl sites for hydroxylation is 1. The SMILES string of the molecule is OCc1cc2[c-]cccc2n1CCCC1CCCCC1.[Rb+]. The average molecular weight is 356 g/mol. The molecule has 2 aromatic rings. The fraction of sp³-hybridized carbons (Fsp3) is 0.556. The predicted molar refractivity (Wildman–Crippen MR) is 82.5 cm³/mol. The maximum Gasteiger partial charge on any atom is 1.00 e. The maximum absolute atomic E-state index is 9.53. The van der Waals surface area contributed by atoms with Gasteiger partial charge in [-0.05, 0) is 30.0 Å². The van der Waals surface area contributed by atoms with E-state index in [1.54, 1.807) is 0 Å². The Bertz CT molecular complexity index is 557. The van der Waals surface area contributed by atoms with Gasteiger partial charge in [0.05, 0.1) is 6.61 Å². The average Bonchev–Trinajstić information content (AvgIpc) is 2.87. The molecule has 0 unspecified atom stereocenters. The van der Waals surface area contributed by atoms with Crippen molar-refractivity contribution in [2.24, 2.45) is 5.92 Å². The van der Waals surface area contributed by atoms with E-state index >= 15 is 0 Å². The second-order valence-electron chi connectivity index (χ2n) is 6.06. The first-order valence-electron chi connectivity index (χ1n) is 7.98. The largest absolute Gasteiger partial charge is 1.00 e. The first-order valence-corrected chi connectivity index (χ1v) is 7.98. The molecule has 3 heteroatoms. The molecule has 1 fully saturated rings. The van der Waals surface area contributed by atoms with Crippen LogP contribution in [-0.2, 0) is 13.2 Å². The number of aromatic nitrogens is 1. The van der Waals surface area contributed by atoms with Crippen molar-refractivity contribution in [1.29, 1.82) is 0 Å². The Morgan fingerprint density at radius 2 is 2.05 bits per heavy atom. The molecule has 1 aromatic heterocycles. The van der Waals surface area contributed by atoms with Gasteiger partial charge in [-0.2, -0.15) is 0 Å². The van der Waals surface area contributed by atoms with E-state index in [9.17, 15) is 5.11 Å². The fourth-order valence-electron chi connectivity index (χ4n) is 3.60. The van der Waals surface area contributed by atoms with Crippen LogP contribution in [0.4, 0.5) is 0 Å². The number of benzene rings is 1. The van der Waals surface area contributed by atoms with E-state index < -0.39 is 0 Å². The first-order chi connectivity index (χ1) is 9.88. The van der Waals surface area contributed by atoms with Crippen LogP contribution in [0, 0.1) is 12.0 Å². The van der Waals surface area contributed by atoms with Crippen LogP contribution in [0.3, 0.4) is 0 Å². The van der Waals surface area contributed by atoms with Gasteiger partial charge in [0.15, 0.2) is 0 Å². The molecule has 0 spiro atoms. The van der Waals surface area contributed by atoms with E-state index in [0.29, 0.717) is 0 Å². The van der Waals surface area contributed by atoms with Crippen molar-refractivity contribution in [3.63, 3.8) is 0 Å². The van der Waals surface area contributed by atoms with E-state index in [4.69, 9.17) is 0 Å². The Labute approximate surface area is 176 Å².